The van der Waals surface area contributed by atoms with E-state index in [9.17, 15) is 4.79 Å². The van der Waals surface area contributed by atoms with E-state index in [0.717, 1.165) is 32.6 Å². The van der Waals surface area contributed by atoms with Crippen molar-refractivity contribution < 1.29 is 15.0 Å². The Morgan fingerprint density at radius 2 is 2.15 bits per heavy atom. The first kappa shape index (κ1) is 15.0. The van der Waals surface area contributed by atoms with E-state index in [-0.39, 0.29) is 12.2 Å². The van der Waals surface area contributed by atoms with Gasteiger partial charge in [-0.3, -0.25) is 4.90 Å². The second-order valence-electron chi connectivity index (χ2n) is 4.74. The average molecular weight is 300 g/mol. The van der Waals surface area contributed by atoms with Crippen molar-refractivity contribution in [2.24, 2.45) is 0 Å². The number of rotatable bonds is 4. The van der Waals surface area contributed by atoms with Crippen LogP contribution in [-0.2, 0) is 0 Å². The largest absolute Gasteiger partial charge is 0.478 e. The number of carboxylic acid groups (broad SMARTS) is 1. The third kappa shape index (κ3) is 3.59. The number of halogens is 1. The minimum atomic E-state index is -1.03. The van der Waals surface area contributed by atoms with Gasteiger partial charge in [-0.1, -0.05) is 11.6 Å². The zero-order valence-corrected chi connectivity index (χ0v) is 11.9. The molecule has 0 aromatic carbocycles. The number of anilines is 1. The van der Waals surface area contributed by atoms with Crippen molar-refractivity contribution in [2.75, 3.05) is 44.2 Å². The summed E-state index contributed by atoms with van der Waals surface area (Å²) in [6.07, 6.45) is 2.29. The molecule has 20 heavy (non-hydrogen) atoms. The summed E-state index contributed by atoms with van der Waals surface area (Å²) in [6, 6.07) is 1.43. The molecular weight excluding hydrogens is 282 g/mol. The van der Waals surface area contributed by atoms with Crippen LogP contribution in [0.2, 0.25) is 5.02 Å². The van der Waals surface area contributed by atoms with Gasteiger partial charge in [-0.25, -0.2) is 9.78 Å². The van der Waals surface area contributed by atoms with Crippen LogP contribution in [0.5, 0.6) is 0 Å². The molecule has 0 aliphatic carbocycles. The smallest absolute Gasteiger partial charge is 0.337 e. The van der Waals surface area contributed by atoms with Gasteiger partial charge < -0.3 is 15.1 Å². The predicted octanol–water partition coefficient (Wildman–Crippen LogP) is 0.938. The van der Waals surface area contributed by atoms with Gasteiger partial charge in [-0.2, -0.15) is 0 Å². The van der Waals surface area contributed by atoms with Crippen LogP contribution in [0.15, 0.2) is 12.3 Å². The first-order valence-electron chi connectivity index (χ1n) is 6.59. The first-order chi connectivity index (χ1) is 9.61. The Labute approximate surface area is 122 Å². The lowest BCUT2D eigenvalue weighted by atomic mass is 10.2. The predicted molar refractivity (Wildman–Crippen MR) is 76.6 cm³/mol. The molecule has 110 valence electrons. The van der Waals surface area contributed by atoms with Gasteiger partial charge in [0.25, 0.3) is 0 Å². The maximum absolute atomic E-state index is 10.9. The summed E-state index contributed by atoms with van der Waals surface area (Å²) < 4.78 is 0. The molecule has 1 aliphatic rings. The summed E-state index contributed by atoms with van der Waals surface area (Å²) in [5, 5.41) is 18.2. The van der Waals surface area contributed by atoms with E-state index >= 15 is 0 Å². The highest BCUT2D eigenvalue weighted by molar-refractivity contribution is 6.33. The zero-order chi connectivity index (χ0) is 14.5. The van der Waals surface area contributed by atoms with Crippen LogP contribution in [0.4, 0.5) is 5.82 Å². The van der Waals surface area contributed by atoms with Gasteiger partial charge in [0.05, 0.1) is 17.2 Å². The summed E-state index contributed by atoms with van der Waals surface area (Å²) in [7, 11) is 0. The van der Waals surface area contributed by atoms with E-state index in [1.54, 1.807) is 0 Å². The maximum Gasteiger partial charge on any atom is 0.337 e. The highest BCUT2D eigenvalue weighted by Gasteiger charge is 2.18. The Morgan fingerprint density at radius 1 is 1.35 bits per heavy atom. The number of hydrogen-bond donors (Lipinski definition) is 2. The van der Waals surface area contributed by atoms with Gasteiger partial charge in [-0.05, 0) is 19.0 Å². The zero-order valence-electron chi connectivity index (χ0n) is 11.1. The van der Waals surface area contributed by atoms with Gasteiger partial charge in [0.1, 0.15) is 5.82 Å². The highest BCUT2D eigenvalue weighted by atomic mass is 35.5. The quantitative estimate of drug-likeness (QED) is 0.861. The van der Waals surface area contributed by atoms with Gasteiger partial charge in [-0.15, -0.1) is 0 Å². The van der Waals surface area contributed by atoms with Crippen molar-refractivity contribution in [3.63, 3.8) is 0 Å². The topological polar surface area (TPSA) is 76.9 Å². The average Bonchev–Trinajstić information content (AvgIpc) is 2.65. The van der Waals surface area contributed by atoms with E-state index < -0.39 is 5.97 Å². The van der Waals surface area contributed by atoms with Crippen LogP contribution in [0, 0.1) is 0 Å². The summed E-state index contributed by atoms with van der Waals surface area (Å²) in [6.45, 7) is 4.18. The van der Waals surface area contributed by atoms with Crippen molar-refractivity contribution in [2.45, 2.75) is 6.42 Å². The standard InChI is InChI=1S/C13H18ClN3O3/c14-11-8-10(13(19)20)9-15-12(11)17-3-1-2-16(4-5-17)6-7-18/h8-9,18H,1-7H2,(H,19,20). The molecule has 6 nitrogen and oxygen atoms in total. The number of carbonyl (C=O) groups is 1. The summed E-state index contributed by atoms with van der Waals surface area (Å²) in [4.78, 5) is 19.3. The summed E-state index contributed by atoms with van der Waals surface area (Å²) in [5.41, 5.74) is 0.0930. The molecule has 0 unspecified atom stereocenters. The lowest BCUT2D eigenvalue weighted by molar-refractivity contribution is 0.0696. The molecule has 1 aromatic heterocycles. The number of hydrogen-bond acceptors (Lipinski definition) is 5. The molecule has 0 saturated carbocycles. The van der Waals surface area contributed by atoms with Crippen LogP contribution in [0.3, 0.4) is 0 Å². The Kier molecular flexibility index (Phi) is 5.17. The monoisotopic (exact) mass is 299 g/mol. The Balaban J connectivity index is 2.09. The number of carboxylic acids is 1. The van der Waals surface area contributed by atoms with Crippen LogP contribution in [0.1, 0.15) is 16.8 Å². The molecule has 1 saturated heterocycles. The van der Waals surface area contributed by atoms with Gasteiger partial charge in [0, 0.05) is 32.4 Å². The van der Waals surface area contributed by atoms with E-state index in [1.165, 1.54) is 12.3 Å². The molecule has 0 spiro atoms. The molecule has 0 bridgehead atoms. The molecule has 2 N–H and O–H groups in total. The minimum Gasteiger partial charge on any atom is -0.478 e. The normalized spacial score (nSPS) is 17.0. The number of aliphatic hydroxyl groups is 1. The fraction of sp³-hybridized carbons (Fsp3) is 0.538. The number of aromatic nitrogens is 1. The van der Waals surface area contributed by atoms with E-state index in [4.69, 9.17) is 21.8 Å². The fourth-order valence-electron chi connectivity index (χ4n) is 2.33. The number of β-amino-alcohol motifs (C(OH)–C–C–N with tert-alkyl or cyclic N) is 1. The molecule has 2 heterocycles. The highest BCUT2D eigenvalue weighted by Crippen LogP contribution is 2.25. The molecule has 2 rings (SSSR count). The van der Waals surface area contributed by atoms with Crippen molar-refractivity contribution in [3.05, 3.63) is 22.8 Å². The Bertz CT molecular complexity index is 484. The third-order valence-electron chi connectivity index (χ3n) is 3.37. The van der Waals surface area contributed by atoms with E-state index in [1.807, 2.05) is 0 Å². The van der Waals surface area contributed by atoms with Crippen LogP contribution >= 0.6 is 11.6 Å². The molecule has 1 fully saturated rings. The maximum atomic E-state index is 10.9. The van der Waals surface area contributed by atoms with Crippen molar-refractivity contribution >= 4 is 23.4 Å². The molecule has 0 amide bonds. The van der Waals surface area contributed by atoms with E-state index in [0.29, 0.717) is 17.4 Å². The number of aromatic carboxylic acids is 1. The van der Waals surface area contributed by atoms with Crippen LogP contribution in [-0.4, -0.2) is 65.4 Å². The van der Waals surface area contributed by atoms with Crippen molar-refractivity contribution in [1.29, 1.82) is 0 Å². The Hall–Kier alpha value is -1.37. The van der Waals surface area contributed by atoms with Crippen molar-refractivity contribution in [3.8, 4) is 0 Å². The molecule has 0 atom stereocenters. The van der Waals surface area contributed by atoms with Crippen LogP contribution < -0.4 is 4.90 Å². The minimum absolute atomic E-state index is 0.0930. The van der Waals surface area contributed by atoms with Gasteiger partial charge in [0.2, 0.25) is 0 Å². The number of aliphatic hydroxyl groups excluding tert-OH is 1. The molecule has 1 aliphatic heterocycles. The molecule has 1 aromatic rings. The third-order valence-corrected chi connectivity index (χ3v) is 3.65. The van der Waals surface area contributed by atoms with Gasteiger partial charge >= 0.3 is 5.97 Å². The first-order valence-corrected chi connectivity index (χ1v) is 6.96. The van der Waals surface area contributed by atoms with Crippen LogP contribution in [0.25, 0.3) is 0 Å². The summed E-state index contributed by atoms with van der Waals surface area (Å²) >= 11 is 6.14. The lowest BCUT2D eigenvalue weighted by Crippen LogP contribution is -2.32. The second kappa shape index (κ2) is 6.88. The lowest BCUT2D eigenvalue weighted by Gasteiger charge is -2.23. The van der Waals surface area contributed by atoms with Gasteiger partial charge in [0.15, 0.2) is 0 Å². The molecular formula is C13H18ClN3O3. The van der Waals surface area contributed by atoms with E-state index in [2.05, 4.69) is 14.8 Å². The molecule has 0 radical (unpaired) electrons. The summed E-state index contributed by atoms with van der Waals surface area (Å²) in [5.74, 6) is -0.404. The molecule has 7 heteroatoms. The number of nitrogens with zero attached hydrogens (tertiary/aromatic N) is 3. The second-order valence-corrected chi connectivity index (χ2v) is 5.15. The number of pyridine rings is 1. The Morgan fingerprint density at radius 3 is 2.80 bits per heavy atom. The SMILES string of the molecule is O=C(O)c1cnc(N2CCCN(CCO)CC2)c(Cl)c1. The fourth-order valence-corrected chi connectivity index (χ4v) is 2.61. The van der Waals surface area contributed by atoms with Crippen molar-refractivity contribution in [1.82, 2.24) is 9.88 Å².